The molecule has 1 aromatic heterocycles. The second-order valence-corrected chi connectivity index (χ2v) is 5.52. The lowest BCUT2D eigenvalue weighted by Gasteiger charge is -2.16. The Morgan fingerprint density at radius 2 is 2.50 bits per heavy atom. The summed E-state index contributed by atoms with van der Waals surface area (Å²) in [6, 6.07) is 4.73. The number of nitrogens with one attached hydrogen (secondary N) is 1. The molecule has 1 aromatic rings. The Morgan fingerprint density at radius 3 is 3.31 bits per heavy atom. The molecule has 0 amide bonds. The highest BCUT2D eigenvalue weighted by molar-refractivity contribution is 7.98. The Labute approximate surface area is 102 Å². The van der Waals surface area contributed by atoms with Gasteiger partial charge in [-0.2, -0.15) is 11.8 Å². The van der Waals surface area contributed by atoms with Crippen LogP contribution in [0.3, 0.4) is 0 Å². The zero-order chi connectivity index (χ0) is 11.4. The smallest absolute Gasteiger partial charge is 0.0605 e. The standard InChI is InChI=1S/C13H20N2S/c1-10(9-16-2)8-15-12-6-5-11-4-3-7-14-13(11)12/h3-4,7,10,12,15H,5-6,8-9H2,1-2H3. The molecule has 1 N–H and O–H groups in total. The number of aryl methyl sites for hydroxylation is 1. The SMILES string of the molecule is CSCC(C)CNC1CCc2cccnc21. The van der Waals surface area contributed by atoms with Crippen molar-refractivity contribution in [3.8, 4) is 0 Å². The van der Waals surface area contributed by atoms with E-state index in [-0.39, 0.29) is 0 Å². The molecule has 2 unspecified atom stereocenters. The molecule has 1 heterocycles. The van der Waals surface area contributed by atoms with Crippen LogP contribution in [-0.4, -0.2) is 23.5 Å². The lowest BCUT2D eigenvalue weighted by atomic mass is 10.1. The summed E-state index contributed by atoms with van der Waals surface area (Å²) in [5.74, 6) is 1.97. The van der Waals surface area contributed by atoms with Gasteiger partial charge in [-0.3, -0.25) is 4.98 Å². The van der Waals surface area contributed by atoms with Gasteiger partial charge >= 0.3 is 0 Å². The highest BCUT2D eigenvalue weighted by atomic mass is 32.2. The lowest BCUT2D eigenvalue weighted by Crippen LogP contribution is -2.26. The predicted molar refractivity (Wildman–Crippen MR) is 70.8 cm³/mol. The first kappa shape index (κ1) is 11.9. The Morgan fingerprint density at radius 1 is 1.62 bits per heavy atom. The van der Waals surface area contributed by atoms with Crippen molar-refractivity contribution >= 4 is 11.8 Å². The van der Waals surface area contributed by atoms with E-state index in [0.29, 0.717) is 6.04 Å². The van der Waals surface area contributed by atoms with E-state index in [9.17, 15) is 0 Å². The van der Waals surface area contributed by atoms with Crippen LogP contribution in [0.2, 0.25) is 0 Å². The minimum atomic E-state index is 0.487. The van der Waals surface area contributed by atoms with Crippen molar-refractivity contribution < 1.29 is 0 Å². The van der Waals surface area contributed by atoms with Gasteiger partial charge in [-0.05, 0) is 48.9 Å². The zero-order valence-electron chi connectivity index (χ0n) is 10.1. The minimum absolute atomic E-state index is 0.487. The van der Waals surface area contributed by atoms with Crippen LogP contribution < -0.4 is 5.32 Å². The van der Waals surface area contributed by atoms with Crippen molar-refractivity contribution in [1.29, 1.82) is 0 Å². The Hall–Kier alpha value is -0.540. The van der Waals surface area contributed by atoms with Gasteiger partial charge in [0.05, 0.1) is 11.7 Å². The molecule has 2 nitrogen and oxygen atoms in total. The van der Waals surface area contributed by atoms with Crippen LogP contribution in [0.5, 0.6) is 0 Å². The first-order valence-electron chi connectivity index (χ1n) is 5.97. The summed E-state index contributed by atoms with van der Waals surface area (Å²) >= 11 is 1.92. The maximum absolute atomic E-state index is 4.50. The van der Waals surface area contributed by atoms with Crippen LogP contribution in [0.25, 0.3) is 0 Å². The summed E-state index contributed by atoms with van der Waals surface area (Å²) in [6.07, 6.45) is 6.46. The van der Waals surface area contributed by atoms with Gasteiger partial charge in [-0.25, -0.2) is 0 Å². The number of fused-ring (bicyclic) bond motifs is 1. The van der Waals surface area contributed by atoms with Gasteiger partial charge in [0.25, 0.3) is 0 Å². The van der Waals surface area contributed by atoms with Gasteiger partial charge < -0.3 is 5.32 Å². The van der Waals surface area contributed by atoms with Crippen LogP contribution in [0.1, 0.15) is 30.6 Å². The van der Waals surface area contributed by atoms with Crippen LogP contribution in [-0.2, 0) is 6.42 Å². The summed E-state index contributed by atoms with van der Waals surface area (Å²) < 4.78 is 0. The second kappa shape index (κ2) is 5.69. The summed E-state index contributed by atoms with van der Waals surface area (Å²) in [4.78, 5) is 4.50. The molecule has 0 spiro atoms. The quantitative estimate of drug-likeness (QED) is 0.851. The van der Waals surface area contributed by atoms with Crippen LogP contribution >= 0.6 is 11.8 Å². The molecule has 0 radical (unpaired) electrons. The fourth-order valence-corrected chi connectivity index (χ4v) is 2.99. The summed E-state index contributed by atoms with van der Waals surface area (Å²) in [5, 5.41) is 3.65. The maximum Gasteiger partial charge on any atom is 0.0605 e. The lowest BCUT2D eigenvalue weighted by molar-refractivity contribution is 0.470. The third kappa shape index (κ3) is 2.77. The predicted octanol–water partition coefficient (Wildman–Crippen LogP) is 2.66. The van der Waals surface area contributed by atoms with E-state index in [1.54, 1.807) is 0 Å². The largest absolute Gasteiger partial charge is 0.308 e. The number of aromatic nitrogens is 1. The first-order chi connectivity index (χ1) is 7.81. The van der Waals surface area contributed by atoms with Crippen molar-refractivity contribution in [2.45, 2.75) is 25.8 Å². The molecule has 0 bridgehead atoms. The van der Waals surface area contributed by atoms with E-state index in [2.05, 4.69) is 29.5 Å². The Kier molecular flexibility index (Phi) is 4.24. The van der Waals surface area contributed by atoms with Crippen LogP contribution in [0.15, 0.2) is 18.3 Å². The number of hydrogen-bond donors (Lipinski definition) is 1. The summed E-state index contributed by atoms with van der Waals surface area (Å²) in [6.45, 7) is 3.40. The van der Waals surface area contributed by atoms with Gasteiger partial charge in [-0.1, -0.05) is 13.0 Å². The minimum Gasteiger partial charge on any atom is -0.308 e. The topological polar surface area (TPSA) is 24.9 Å². The van der Waals surface area contributed by atoms with Crippen molar-refractivity contribution in [3.63, 3.8) is 0 Å². The second-order valence-electron chi connectivity index (χ2n) is 4.61. The molecule has 1 aliphatic carbocycles. The maximum atomic E-state index is 4.50. The molecule has 0 saturated carbocycles. The first-order valence-corrected chi connectivity index (χ1v) is 7.36. The van der Waals surface area contributed by atoms with Crippen LogP contribution in [0, 0.1) is 5.92 Å². The highest BCUT2D eigenvalue weighted by Gasteiger charge is 2.23. The van der Waals surface area contributed by atoms with Gasteiger partial charge in [0, 0.05) is 6.20 Å². The van der Waals surface area contributed by atoms with E-state index in [1.807, 2.05) is 24.0 Å². The number of thioether (sulfide) groups is 1. The normalized spacial score (nSPS) is 20.8. The van der Waals surface area contributed by atoms with E-state index in [1.165, 1.54) is 29.9 Å². The molecule has 0 fully saturated rings. The third-order valence-electron chi connectivity index (χ3n) is 3.12. The van der Waals surface area contributed by atoms with Gasteiger partial charge in [-0.15, -0.1) is 0 Å². The monoisotopic (exact) mass is 236 g/mol. The molecule has 2 rings (SSSR count). The van der Waals surface area contributed by atoms with Gasteiger partial charge in [0.1, 0.15) is 0 Å². The average molecular weight is 236 g/mol. The Balaban J connectivity index is 1.88. The van der Waals surface area contributed by atoms with E-state index in [0.717, 1.165) is 12.5 Å². The molecule has 0 aromatic carbocycles. The molecule has 3 heteroatoms. The fourth-order valence-electron chi connectivity index (χ4n) is 2.30. The van der Waals surface area contributed by atoms with Crippen molar-refractivity contribution in [1.82, 2.24) is 10.3 Å². The molecule has 0 saturated heterocycles. The molecule has 16 heavy (non-hydrogen) atoms. The van der Waals surface area contributed by atoms with Gasteiger partial charge in [0.15, 0.2) is 0 Å². The molecule has 0 aliphatic heterocycles. The van der Waals surface area contributed by atoms with Crippen molar-refractivity contribution in [2.24, 2.45) is 5.92 Å². The Bertz CT molecular complexity index is 340. The van der Waals surface area contributed by atoms with Crippen molar-refractivity contribution in [3.05, 3.63) is 29.6 Å². The molecular weight excluding hydrogens is 216 g/mol. The number of hydrogen-bond acceptors (Lipinski definition) is 3. The fraction of sp³-hybridized carbons (Fsp3) is 0.615. The summed E-state index contributed by atoms with van der Waals surface area (Å²) in [5.41, 5.74) is 2.70. The summed E-state index contributed by atoms with van der Waals surface area (Å²) in [7, 11) is 0. The molecule has 88 valence electrons. The average Bonchev–Trinajstić information content (AvgIpc) is 2.70. The van der Waals surface area contributed by atoms with E-state index < -0.39 is 0 Å². The number of pyridine rings is 1. The van der Waals surface area contributed by atoms with E-state index in [4.69, 9.17) is 0 Å². The number of nitrogens with zero attached hydrogens (tertiary/aromatic N) is 1. The third-order valence-corrected chi connectivity index (χ3v) is 4.02. The molecular formula is C13H20N2S. The van der Waals surface area contributed by atoms with E-state index >= 15 is 0 Å². The molecule has 2 atom stereocenters. The van der Waals surface area contributed by atoms with Crippen LogP contribution in [0.4, 0.5) is 0 Å². The highest BCUT2D eigenvalue weighted by Crippen LogP contribution is 2.28. The number of rotatable bonds is 5. The van der Waals surface area contributed by atoms with Gasteiger partial charge in [0.2, 0.25) is 0 Å². The van der Waals surface area contributed by atoms with Crippen molar-refractivity contribution in [2.75, 3.05) is 18.6 Å². The molecule has 1 aliphatic rings. The zero-order valence-corrected chi connectivity index (χ0v) is 10.9.